The van der Waals surface area contributed by atoms with Crippen LogP contribution in [0.3, 0.4) is 0 Å². The van der Waals surface area contributed by atoms with Crippen LogP contribution in [0, 0.1) is 0 Å². The van der Waals surface area contributed by atoms with Crippen molar-refractivity contribution in [2.24, 2.45) is 0 Å². The summed E-state index contributed by atoms with van der Waals surface area (Å²) in [5.74, 6) is 0.912. The van der Waals surface area contributed by atoms with Gasteiger partial charge in [0, 0.05) is 25.2 Å². The van der Waals surface area contributed by atoms with Crippen LogP contribution in [0.5, 0.6) is 5.75 Å². The number of carbonyl (C=O) groups excluding carboxylic acids is 1. The number of methoxy groups -OCH3 is 1. The molecule has 168 valence electrons. The average molecular weight is 454 g/mol. The molecule has 8 heteroatoms. The van der Waals surface area contributed by atoms with Gasteiger partial charge >= 0.3 is 0 Å². The molecule has 1 aliphatic rings. The average Bonchev–Trinajstić information content (AvgIpc) is 3.30. The number of rotatable bonds is 7. The Morgan fingerprint density at radius 2 is 1.91 bits per heavy atom. The zero-order valence-corrected chi connectivity index (χ0v) is 19.4. The zero-order chi connectivity index (χ0) is 22.7. The maximum Gasteiger partial charge on any atom is 0.276 e. The maximum absolute atomic E-state index is 13.6. The third-order valence-electron chi connectivity index (χ3n) is 5.98. The molecule has 32 heavy (non-hydrogen) atoms. The maximum atomic E-state index is 13.6. The number of nitrogens with one attached hydrogen (secondary N) is 1. The van der Waals surface area contributed by atoms with Gasteiger partial charge in [0.1, 0.15) is 5.75 Å². The predicted molar refractivity (Wildman–Crippen MR) is 128 cm³/mol. The van der Waals surface area contributed by atoms with Crippen LogP contribution in [0.1, 0.15) is 30.8 Å². The Hall–Kier alpha value is -2.90. The molecular formula is C24H28ClN5O2. The van der Waals surface area contributed by atoms with E-state index in [4.69, 9.17) is 26.3 Å². The molecule has 0 aliphatic carbocycles. The number of hydrogen-bond acceptors (Lipinski definition) is 6. The molecule has 4 rings (SSSR count). The van der Waals surface area contributed by atoms with E-state index in [1.165, 1.54) is 0 Å². The van der Waals surface area contributed by atoms with Crippen molar-refractivity contribution in [2.45, 2.75) is 26.3 Å². The highest BCUT2D eigenvalue weighted by atomic mass is 35.5. The number of para-hydroxylation sites is 2. The Labute approximate surface area is 193 Å². The van der Waals surface area contributed by atoms with E-state index in [9.17, 15) is 4.79 Å². The van der Waals surface area contributed by atoms with Gasteiger partial charge in [-0.3, -0.25) is 9.69 Å². The number of carbonyl (C=O) groups is 1. The fourth-order valence-corrected chi connectivity index (χ4v) is 4.37. The highest BCUT2D eigenvalue weighted by molar-refractivity contribution is 6.33. The Morgan fingerprint density at radius 3 is 2.59 bits per heavy atom. The number of likely N-dealkylation sites (tertiary alicyclic amines) is 1. The number of likely N-dealkylation sites (N-methyl/N-ethyl adjacent to an activating group) is 1. The number of fused-ring (bicyclic) bond motifs is 1. The van der Waals surface area contributed by atoms with E-state index in [0.29, 0.717) is 58.1 Å². The Morgan fingerprint density at radius 1 is 1.19 bits per heavy atom. The minimum absolute atomic E-state index is 0.126. The molecule has 1 saturated heterocycles. The summed E-state index contributed by atoms with van der Waals surface area (Å²) in [6.45, 7) is 7.65. The van der Waals surface area contributed by atoms with E-state index in [1.54, 1.807) is 25.3 Å². The van der Waals surface area contributed by atoms with Crippen LogP contribution in [0.4, 0.5) is 11.5 Å². The normalized spacial score (nSPS) is 16.0. The van der Waals surface area contributed by atoms with Gasteiger partial charge in [-0.1, -0.05) is 37.6 Å². The zero-order valence-electron chi connectivity index (χ0n) is 18.6. The number of anilines is 2. The van der Waals surface area contributed by atoms with Crippen LogP contribution in [0.25, 0.3) is 11.0 Å². The van der Waals surface area contributed by atoms with Crippen molar-refractivity contribution >= 4 is 40.0 Å². The Balaban J connectivity index is 1.70. The lowest BCUT2D eigenvalue weighted by Gasteiger charge is -2.26. The second-order valence-electron chi connectivity index (χ2n) is 7.80. The minimum atomic E-state index is -0.126. The number of ether oxygens (including phenoxy) is 1. The molecule has 2 aromatic carbocycles. The van der Waals surface area contributed by atoms with Crippen LogP contribution in [-0.2, 0) is 0 Å². The van der Waals surface area contributed by atoms with Gasteiger partial charge in [-0.15, -0.1) is 0 Å². The third kappa shape index (κ3) is 4.49. The fourth-order valence-electron chi connectivity index (χ4n) is 4.21. The van der Waals surface area contributed by atoms with Gasteiger partial charge in [-0.25, -0.2) is 9.97 Å². The van der Waals surface area contributed by atoms with Crippen molar-refractivity contribution in [2.75, 3.05) is 38.6 Å². The van der Waals surface area contributed by atoms with Crippen molar-refractivity contribution in [3.8, 4) is 5.75 Å². The number of halogens is 1. The number of amides is 1. The van der Waals surface area contributed by atoms with Gasteiger partial charge in [-0.2, -0.15) is 0 Å². The summed E-state index contributed by atoms with van der Waals surface area (Å²) in [4.78, 5) is 27.2. The summed E-state index contributed by atoms with van der Waals surface area (Å²) >= 11 is 6.40. The predicted octanol–water partition coefficient (Wildman–Crippen LogP) is 4.59. The Bertz CT molecular complexity index is 1120. The first-order valence-electron chi connectivity index (χ1n) is 10.9. The van der Waals surface area contributed by atoms with Gasteiger partial charge in [0.2, 0.25) is 0 Å². The summed E-state index contributed by atoms with van der Waals surface area (Å²) in [7, 11) is 1.59. The lowest BCUT2D eigenvalue weighted by Crippen LogP contribution is -2.39. The van der Waals surface area contributed by atoms with Gasteiger partial charge in [0.05, 0.1) is 28.9 Å². The molecule has 0 spiro atoms. The van der Waals surface area contributed by atoms with E-state index in [-0.39, 0.29) is 5.91 Å². The lowest BCUT2D eigenvalue weighted by atomic mass is 10.2. The van der Waals surface area contributed by atoms with Crippen molar-refractivity contribution in [3.05, 3.63) is 53.2 Å². The largest absolute Gasteiger partial charge is 0.497 e. The number of benzene rings is 2. The van der Waals surface area contributed by atoms with Crippen molar-refractivity contribution in [1.29, 1.82) is 0 Å². The molecule has 1 N–H and O–H groups in total. The molecule has 1 unspecified atom stereocenters. The standard InChI is InChI=1S/C24H28ClN5O2/c1-4-29(5-2)16-12-13-30(15-16)24(31)22-23(27-20-9-7-6-8-19(20)26-22)28-21-14-17(32-3)10-11-18(21)25/h6-11,14,16H,4-5,12-13,15H2,1-3H3,(H,27,28). The molecule has 1 atom stereocenters. The number of nitrogens with zero attached hydrogens (tertiary/aromatic N) is 4. The summed E-state index contributed by atoms with van der Waals surface area (Å²) in [6.07, 6.45) is 0.957. The van der Waals surface area contributed by atoms with E-state index in [0.717, 1.165) is 19.5 Å². The highest BCUT2D eigenvalue weighted by Crippen LogP contribution is 2.31. The van der Waals surface area contributed by atoms with E-state index >= 15 is 0 Å². The minimum Gasteiger partial charge on any atom is -0.497 e. The smallest absolute Gasteiger partial charge is 0.276 e. The SMILES string of the molecule is CCN(CC)C1CCN(C(=O)c2nc3ccccc3nc2Nc2cc(OC)ccc2Cl)C1. The number of aromatic nitrogens is 2. The van der Waals surface area contributed by atoms with E-state index < -0.39 is 0 Å². The molecule has 0 saturated carbocycles. The van der Waals surface area contributed by atoms with Crippen molar-refractivity contribution in [3.63, 3.8) is 0 Å². The quantitative estimate of drug-likeness (QED) is 0.564. The molecule has 3 aromatic rings. The Kier molecular flexibility index (Phi) is 6.77. The van der Waals surface area contributed by atoms with Crippen LogP contribution in [-0.4, -0.2) is 65.0 Å². The molecule has 2 heterocycles. The van der Waals surface area contributed by atoms with Crippen LogP contribution in [0.15, 0.2) is 42.5 Å². The first kappa shape index (κ1) is 22.3. The van der Waals surface area contributed by atoms with E-state index in [1.807, 2.05) is 29.2 Å². The molecule has 1 amide bonds. The van der Waals surface area contributed by atoms with Crippen LogP contribution >= 0.6 is 11.6 Å². The van der Waals surface area contributed by atoms with Gasteiger partial charge in [-0.05, 0) is 43.8 Å². The first-order chi connectivity index (χ1) is 15.5. The molecule has 1 fully saturated rings. The summed E-state index contributed by atoms with van der Waals surface area (Å²) in [5, 5.41) is 3.73. The first-order valence-corrected chi connectivity index (χ1v) is 11.3. The van der Waals surface area contributed by atoms with Crippen LogP contribution < -0.4 is 10.1 Å². The molecule has 7 nitrogen and oxygen atoms in total. The molecule has 0 bridgehead atoms. The van der Waals surface area contributed by atoms with Gasteiger partial charge in [0.25, 0.3) is 5.91 Å². The fraction of sp³-hybridized carbons (Fsp3) is 0.375. The number of hydrogen-bond donors (Lipinski definition) is 1. The monoisotopic (exact) mass is 453 g/mol. The highest BCUT2D eigenvalue weighted by Gasteiger charge is 2.32. The van der Waals surface area contributed by atoms with Crippen LogP contribution in [0.2, 0.25) is 5.02 Å². The molecular weight excluding hydrogens is 426 g/mol. The third-order valence-corrected chi connectivity index (χ3v) is 6.31. The summed E-state index contributed by atoms with van der Waals surface area (Å²) < 4.78 is 5.32. The van der Waals surface area contributed by atoms with Gasteiger partial charge in [0.15, 0.2) is 11.5 Å². The van der Waals surface area contributed by atoms with Gasteiger partial charge < -0.3 is 15.0 Å². The summed E-state index contributed by atoms with van der Waals surface area (Å²) in [5.41, 5.74) is 2.28. The topological polar surface area (TPSA) is 70.6 Å². The van der Waals surface area contributed by atoms with E-state index in [2.05, 4.69) is 24.1 Å². The second-order valence-corrected chi connectivity index (χ2v) is 8.20. The second kappa shape index (κ2) is 9.71. The molecule has 1 aliphatic heterocycles. The van der Waals surface area contributed by atoms with Crippen molar-refractivity contribution < 1.29 is 9.53 Å². The lowest BCUT2D eigenvalue weighted by molar-refractivity contribution is 0.0773. The molecule has 1 aromatic heterocycles. The van der Waals surface area contributed by atoms with Crippen molar-refractivity contribution in [1.82, 2.24) is 19.8 Å². The molecule has 0 radical (unpaired) electrons. The summed E-state index contributed by atoms with van der Waals surface area (Å²) in [6, 6.07) is 13.2.